The molecule has 7 nitrogen and oxygen atoms in total. The number of amides is 1. The van der Waals surface area contributed by atoms with E-state index in [-0.39, 0.29) is 29.3 Å². The standard InChI is InChI=1S/C19H15N3O4/c1-4-9-22-11(2)15(17(23)25-3)19(18(22)24)12-7-5-6-8-14(12)26-16(21)13(19)10-20/h1,5-8H,9,21H2,2-3H3/t19-/m1/s1. The number of para-hydroxylation sites is 1. The highest BCUT2D eigenvalue weighted by molar-refractivity contribution is 6.12. The van der Waals surface area contributed by atoms with Gasteiger partial charge in [0.15, 0.2) is 5.41 Å². The Labute approximate surface area is 150 Å². The number of carbonyl (C=O) groups excluding carboxylic acids is 2. The number of nitriles is 1. The third-order valence-corrected chi connectivity index (χ3v) is 4.59. The van der Waals surface area contributed by atoms with Crippen LogP contribution in [-0.4, -0.2) is 30.4 Å². The van der Waals surface area contributed by atoms with Crippen LogP contribution in [0.4, 0.5) is 0 Å². The van der Waals surface area contributed by atoms with E-state index in [4.69, 9.17) is 21.6 Å². The molecule has 0 unspecified atom stereocenters. The number of benzene rings is 1. The minimum Gasteiger partial charge on any atom is -0.466 e. The van der Waals surface area contributed by atoms with E-state index in [0.717, 1.165) is 0 Å². The van der Waals surface area contributed by atoms with Crippen LogP contribution in [0.5, 0.6) is 5.75 Å². The van der Waals surface area contributed by atoms with Crippen molar-refractivity contribution in [2.45, 2.75) is 12.3 Å². The van der Waals surface area contributed by atoms with Crippen molar-refractivity contribution in [2.75, 3.05) is 13.7 Å². The second kappa shape index (κ2) is 5.98. The van der Waals surface area contributed by atoms with Gasteiger partial charge in [-0.3, -0.25) is 4.79 Å². The van der Waals surface area contributed by atoms with Gasteiger partial charge in [0, 0.05) is 11.3 Å². The van der Waals surface area contributed by atoms with Gasteiger partial charge in [0.05, 0.1) is 19.2 Å². The fourth-order valence-electron chi connectivity index (χ4n) is 3.53. The molecule has 0 aliphatic carbocycles. The molecular formula is C19H15N3O4. The predicted octanol–water partition coefficient (Wildman–Crippen LogP) is 0.933. The Bertz CT molecular complexity index is 977. The lowest BCUT2D eigenvalue weighted by Gasteiger charge is -2.35. The molecule has 1 atom stereocenters. The van der Waals surface area contributed by atoms with Crippen LogP contribution in [0.15, 0.2) is 47.0 Å². The van der Waals surface area contributed by atoms with Crippen LogP contribution in [0.1, 0.15) is 12.5 Å². The number of allylic oxidation sites excluding steroid dienone is 1. The van der Waals surface area contributed by atoms with Gasteiger partial charge >= 0.3 is 5.97 Å². The lowest BCUT2D eigenvalue weighted by Crippen LogP contribution is -2.47. The van der Waals surface area contributed by atoms with Crippen LogP contribution in [0.25, 0.3) is 0 Å². The summed E-state index contributed by atoms with van der Waals surface area (Å²) in [6, 6.07) is 8.55. The van der Waals surface area contributed by atoms with Crippen molar-refractivity contribution >= 4 is 11.9 Å². The molecule has 1 aromatic carbocycles. The van der Waals surface area contributed by atoms with Gasteiger partial charge in [-0.05, 0) is 13.0 Å². The number of terminal acetylenes is 1. The van der Waals surface area contributed by atoms with Crippen LogP contribution in [0.3, 0.4) is 0 Å². The summed E-state index contributed by atoms with van der Waals surface area (Å²) in [5.74, 6) is 1.16. The number of carbonyl (C=O) groups is 2. The Balaban J connectivity index is 2.46. The molecule has 2 aliphatic rings. The lowest BCUT2D eigenvalue weighted by molar-refractivity contribution is -0.138. The quantitative estimate of drug-likeness (QED) is 0.629. The van der Waals surface area contributed by atoms with E-state index in [9.17, 15) is 14.9 Å². The largest absolute Gasteiger partial charge is 0.466 e. The lowest BCUT2D eigenvalue weighted by atomic mass is 9.68. The van der Waals surface area contributed by atoms with Crippen molar-refractivity contribution in [1.82, 2.24) is 4.90 Å². The number of hydrogen-bond donors (Lipinski definition) is 1. The Kier molecular flexibility index (Phi) is 3.94. The first kappa shape index (κ1) is 17.1. The Morgan fingerprint density at radius 3 is 2.77 bits per heavy atom. The molecule has 1 amide bonds. The maximum absolute atomic E-state index is 13.5. The number of fused-ring (bicyclic) bond motifs is 2. The van der Waals surface area contributed by atoms with Crippen molar-refractivity contribution < 1.29 is 19.1 Å². The zero-order chi connectivity index (χ0) is 19.1. The molecular weight excluding hydrogens is 334 g/mol. The van der Waals surface area contributed by atoms with Gasteiger partial charge in [0.2, 0.25) is 11.8 Å². The summed E-state index contributed by atoms with van der Waals surface area (Å²) in [5.41, 5.74) is 4.69. The molecule has 26 heavy (non-hydrogen) atoms. The SMILES string of the molecule is C#CCN1C(=O)[C@]2(C(C#N)=C(N)Oc3ccccc32)C(C(=O)OC)=C1C. The zero-order valence-corrected chi connectivity index (χ0v) is 14.2. The first-order valence-corrected chi connectivity index (χ1v) is 7.67. The summed E-state index contributed by atoms with van der Waals surface area (Å²) < 4.78 is 10.4. The van der Waals surface area contributed by atoms with E-state index in [2.05, 4.69) is 5.92 Å². The third-order valence-electron chi connectivity index (χ3n) is 4.59. The predicted molar refractivity (Wildman–Crippen MR) is 90.8 cm³/mol. The van der Waals surface area contributed by atoms with Crippen LogP contribution < -0.4 is 10.5 Å². The molecule has 0 aromatic heterocycles. The molecule has 0 radical (unpaired) electrons. The molecule has 7 heteroatoms. The second-order valence-corrected chi connectivity index (χ2v) is 5.75. The van der Waals surface area contributed by atoms with E-state index in [1.807, 2.05) is 6.07 Å². The van der Waals surface area contributed by atoms with E-state index in [1.54, 1.807) is 31.2 Å². The minimum absolute atomic E-state index is 0.00972. The van der Waals surface area contributed by atoms with Gasteiger partial charge in [0.1, 0.15) is 17.4 Å². The van der Waals surface area contributed by atoms with E-state index < -0.39 is 17.3 Å². The molecule has 3 rings (SSSR count). The summed E-state index contributed by atoms with van der Waals surface area (Å²) in [5, 5.41) is 9.75. The number of nitrogens with two attached hydrogens (primary N) is 1. The first-order valence-electron chi connectivity index (χ1n) is 7.67. The van der Waals surface area contributed by atoms with Crippen molar-refractivity contribution in [1.29, 1.82) is 5.26 Å². The van der Waals surface area contributed by atoms with E-state index in [1.165, 1.54) is 12.0 Å². The summed E-state index contributed by atoms with van der Waals surface area (Å²) in [6.45, 7) is 1.52. The van der Waals surface area contributed by atoms with Crippen LogP contribution in [-0.2, 0) is 19.7 Å². The normalized spacial score (nSPS) is 21.2. The highest BCUT2D eigenvalue weighted by Crippen LogP contribution is 2.53. The minimum atomic E-state index is -1.75. The summed E-state index contributed by atoms with van der Waals surface area (Å²) in [6.07, 6.45) is 5.38. The van der Waals surface area contributed by atoms with Crippen molar-refractivity contribution in [2.24, 2.45) is 5.73 Å². The maximum atomic E-state index is 13.5. The van der Waals surface area contributed by atoms with Gasteiger partial charge in [-0.25, -0.2) is 4.79 Å². The number of rotatable bonds is 2. The van der Waals surface area contributed by atoms with Gasteiger partial charge in [-0.1, -0.05) is 24.1 Å². The zero-order valence-electron chi connectivity index (χ0n) is 14.2. The molecule has 2 heterocycles. The van der Waals surface area contributed by atoms with Crippen LogP contribution >= 0.6 is 0 Å². The average Bonchev–Trinajstić information content (AvgIpc) is 2.84. The molecule has 2 N–H and O–H groups in total. The summed E-state index contributed by atoms with van der Waals surface area (Å²) >= 11 is 0. The third kappa shape index (κ3) is 1.95. The number of hydrogen-bond acceptors (Lipinski definition) is 6. The highest BCUT2D eigenvalue weighted by atomic mass is 16.5. The molecule has 1 spiro atoms. The number of methoxy groups -OCH3 is 1. The van der Waals surface area contributed by atoms with E-state index >= 15 is 0 Å². The Morgan fingerprint density at radius 1 is 1.46 bits per heavy atom. The highest BCUT2D eigenvalue weighted by Gasteiger charge is 2.61. The fraction of sp³-hybridized carbons (Fsp3) is 0.211. The maximum Gasteiger partial charge on any atom is 0.337 e. The van der Waals surface area contributed by atoms with Crippen molar-refractivity contribution in [3.63, 3.8) is 0 Å². The van der Waals surface area contributed by atoms with Crippen molar-refractivity contribution in [3.05, 3.63) is 52.6 Å². The number of ether oxygens (including phenoxy) is 2. The molecule has 0 saturated heterocycles. The molecule has 2 aliphatic heterocycles. The van der Waals surface area contributed by atoms with Gasteiger partial charge in [0.25, 0.3) is 0 Å². The van der Waals surface area contributed by atoms with Crippen LogP contribution in [0.2, 0.25) is 0 Å². The van der Waals surface area contributed by atoms with Crippen LogP contribution in [0, 0.1) is 23.7 Å². The smallest absolute Gasteiger partial charge is 0.337 e. The summed E-state index contributed by atoms with van der Waals surface area (Å²) in [7, 11) is 1.20. The molecule has 0 bridgehead atoms. The Morgan fingerprint density at radius 2 is 2.15 bits per heavy atom. The van der Waals surface area contributed by atoms with Crippen molar-refractivity contribution in [3.8, 4) is 24.2 Å². The molecule has 0 fully saturated rings. The fourth-order valence-corrected chi connectivity index (χ4v) is 3.53. The second-order valence-electron chi connectivity index (χ2n) is 5.75. The first-order chi connectivity index (χ1) is 12.4. The van der Waals surface area contributed by atoms with Gasteiger partial charge in [-0.15, -0.1) is 6.42 Å². The average molecular weight is 349 g/mol. The van der Waals surface area contributed by atoms with Gasteiger partial charge in [-0.2, -0.15) is 5.26 Å². The number of nitrogens with zero attached hydrogens (tertiary/aromatic N) is 2. The number of esters is 1. The molecule has 130 valence electrons. The topological polar surface area (TPSA) is 106 Å². The molecule has 1 aromatic rings. The Hall–Kier alpha value is -3.71. The monoisotopic (exact) mass is 349 g/mol. The van der Waals surface area contributed by atoms with Gasteiger partial charge < -0.3 is 20.1 Å². The van der Waals surface area contributed by atoms with E-state index in [0.29, 0.717) is 11.3 Å². The molecule has 0 saturated carbocycles. The summed E-state index contributed by atoms with van der Waals surface area (Å²) in [4.78, 5) is 27.4.